The largest absolute Gasteiger partial charge is 0.453 e. The zero-order valence-corrected chi connectivity index (χ0v) is 60.2. The van der Waals surface area contributed by atoms with Crippen molar-refractivity contribution in [2.24, 2.45) is 5.92 Å². The molecule has 3 aromatic heterocycles. The highest BCUT2D eigenvalue weighted by molar-refractivity contribution is 7.99. The van der Waals surface area contributed by atoms with Crippen LogP contribution in [-0.4, -0.2) is 148 Å². The van der Waals surface area contributed by atoms with Crippen molar-refractivity contribution in [2.75, 3.05) is 61.9 Å². The van der Waals surface area contributed by atoms with Gasteiger partial charge in [0.05, 0.1) is 87.6 Å². The number of pyridine rings is 1. The molecule has 10 rings (SSSR count). The molecular weight excluding hydrogens is 1420 g/mol. The summed E-state index contributed by atoms with van der Waals surface area (Å²) >= 11 is 2.38. The van der Waals surface area contributed by atoms with Crippen molar-refractivity contribution >= 4 is 104 Å². The summed E-state index contributed by atoms with van der Waals surface area (Å²) in [7, 11) is -11.4. The van der Waals surface area contributed by atoms with E-state index in [1.54, 1.807) is 120 Å². The van der Waals surface area contributed by atoms with Crippen LogP contribution in [0.1, 0.15) is 53.0 Å². The number of rotatable bonds is 33. The van der Waals surface area contributed by atoms with Gasteiger partial charge in [0.25, 0.3) is 0 Å². The van der Waals surface area contributed by atoms with Gasteiger partial charge in [-0.25, -0.2) is 44.4 Å². The number of aromatic nitrogens is 3. The molecule has 0 spiro atoms. The van der Waals surface area contributed by atoms with Crippen LogP contribution in [0.2, 0.25) is 0 Å². The Kier molecular flexibility index (Phi) is 25.6. The van der Waals surface area contributed by atoms with Crippen molar-refractivity contribution in [3.63, 3.8) is 0 Å². The van der Waals surface area contributed by atoms with Crippen molar-refractivity contribution < 1.29 is 73.2 Å². The van der Waals surface area contributed by atoms with Gasteiger partial charge in [-0.2, -0.15) is 8.61 Å². The number of amides is 4. The average molecular weight is 1490 g/mol. The monoisotopic (exact) mass is 1490 g/mol. The molecule has 538 valence electrons. The summed E-state index contributed by atoms with van der Waals surface area (Å²) in [5.41, 5.74) is 11.5. The Morgan fingerprint density at radius 3 is 1.68 bits per heavy atom. The zero-order chi connectivity index (χ0) is 73.3. The Morgan fingerprint density at radius 2 is 1.16 bits per heavy atom. The first-order valence-corrected chi connectivity index (χ1v) is 38.8. The van der Waals surface area contributed by atoms with Crippen molar-refractivity contribution in [3.05, 3.63) is 252 Å². The third-order valence-corrected chi connectivity index (χ3v) is 24.9. The highest BCUT2D eigenvalue weighted by Crippen LogP contribution is 2.36. The number of methoxy groups -OCH3 is 2. The first-order chi connectivity index (χ1) is 49.6. The molecule has 0 saturated heterocycles. The number of thioether (sulfide) groups is 1. The fraction of sp³-hybridized carbons (Fsp3) is 0.247. The maximum Gasteiger partial charge on any atom is 0.407 e. The number of hydrogen-bond donors (Lipinski definition) is 7. The van der Waals surface area contributed by atoms with E-state index in [1.165, 1.54) is 91.6 Å². The molecule has 3 heterocycles. The van der Waals surface area contributed by atoms with Crippen LogP contribution >= 0.6 is 23.1 Å². The second-order valence-corrected chi connectivity index (χ2v) is 31.9. The number of thiazole rings is 1. The number of para-hydroxylation sites is 1. The van der Waals surface area contributed by atoms with Gasteiger partial charge in [-0.3, -0.25) is 9.59 Å². The molecule has 0 fully saturated rings. The number of fused-ring (bicyclic) bond motifs is 1. The minimum Gasteiger partial charge on any atom is -0.453 e. The Morgan fingerprint density at radius 1 is 0.641 bits per heavy atom. The Hall–Kier alpha value is -9.89. The third kappa shape index (κ3) is 18.9. The molecule has 0 radical (unpaired) electrons. The van der Waals surface area contributed by atoms with Gasteiger partial charge in [0, 0.05) is 58.8 Å². The molecule has 0 aliphatic rings. The molecular formula is C73H77N10O15S5+. The number of anilines is 3. The maximum atomic E-state index is 15.3. The van der Waals surface area contributed by atoms with E-state index in [1.807, 2.05) is 43.3 Å². The van der Waals surface area contributed by atoms with Crippen LogP contribution in [0.25, 0.3) is 10.2 Å². The van der Waals surface area contributed by atoms with Crippen LogP contribution in [0.3, 0.4) is 0 Å². The van der Waals surface area contributed by atoms with E-state index in [9.17, 15) is 33.0 Å². The fourth-order valence-electron chi connectivity index (χ4n) is 12.0. The number of aliphatic hydroxyl groups excluding tert-OH is 2. The molecule has 30 heteroatoms. The number of sulfone groups is 1. The Balaban J connectivity index is 0.959. The van der Waals surface area contributed by atoms with Crippen LogP contribution in [0.4, 0.5) is 26.7 Å². The lowest BCUT2D eigenvalue weighted by Gasteiger charge is -2.31. The number of aliphatic hydroxyl groups is 2. The first-order valence-electron chi connectivity index (χ1n) is 32.4. The van der Waals surface area contributed by atoms with E-state index in [0.29, 0.717) is 42.9 Å². The van der Waals surface area contributed by atoms with Crippen LogP contribution in [0.15, 0.2) is 249 Å². The molecule has 0 aliphatic carbocycles. The van der Waals surface area contributed by atoms with E-state index < -0.39 is 120 Å². The normalized spacial score (nSPS) is 13.4. The van der Waals surface area contributed by atoms with E-state index in [-0.39, 0.29) is 58.7 Å². The van der Waals surface area contributed by atoms with Crippen molar-refractivity contribution in [2.45, 2.75) is 82.0 Å². The second-order valence-electron chi connectivity index (χ2n) is 24.1. The Labute approximate surface area is 605 Å². The molecule has 0 aliphatic heterocycles. The number of ether oxygens (including phenoxy) is 2. The van der Waals surface area contributed by atoms with Gasteiger partial charge in [-0.15, -0.1) is 23.1 Å². The molecule has 25 nitrogen and oxygen atoms in total. The highest BCUT2D eigenvalue weighted by atomic mass is 32.2. The van der Waals surface area contributed by atoms with E-state index in [2.05, 4.69) is 31.4 Å². The standard InChI is InChI=1S/C73H76N10O15S5/c1-49(34-37-82(102(92,93)58-30-28-55(74)29-31-58)57(44-85)47-101(90,91)65-27-17-16-26-61(65)77-70(86)68(79-72(88)96-2)66(51-18-8-4-9-19-51)52-20-10-5-11-21-52)40-81-36-35-63(62(42-81)78-71(87)69(80-73(89)97-3)67(53-22-12-6-13-23-53)54-24-14-7-15-25-54)99-46-56(43-84)83(41-50-39-76-98-45-50)103(94,95)59-32-33-60-64(38-59)100-48-75-60/h4-33,35-36,38-39,42,45,48-49,56-57,66-69,84-85H,34,37,40-41,43-44,46-47,74H2,1-3H3,(H3-,77,78,79,80,86,87,88,89)/p+1. The predicted octanol–water partition coefficient (Wildman–Crippen LogP) is 9.04. The number of nitrogens with one attached hydrogen (secondary N) is 4. The van der Waals surface area contributed by atoms with Gasteiger partial charge >= 0.3 is 12.2 Å². The van der Waals surface area contributed by atoms with Gasteiger partial charge in [-0.05, 0) is 83.3 Å². The predicted molar refractivity (Wildman–Crippen MR) is 390 cm³/mol. The maximum absolute atomic E-state index is 15.3. The van der Waals surface area contributed by atoms with Crippen LogP contribution in [-0.2, 0) is 62.0 Å². The summed E-state index contributed by atoms with van der Waals surface area (Å²) in [6, 6.07) is 47.5. The van der Waals surface area contributed by atoms with Crippen LogP contribution in [0, 0.1) is 5.92 Å². The van der Waals surface area contributed by atoms with Gasteiger partial charge in [0.2, 0.25) is 31.9 Å². The lowest BCUT2D eigenvalue weighted by Crippen LogP contribution is -2.48. The van der Waals surface area contributed by atoms with Crippen LogP contribution < -0.4 is 31.6 Å². The average Bonchev–Trinajstić information content (AvgIpc) is 1.60. The molecule has 5 unspecified atom stereocenters. The summed E-state index contributed by atoms with van der Waals surface area (Å²) in [6.45, 7) is -0.312. The van der Waals surface area contributed by atoms with Gasteiger partial charge in [0.15, 0.2) is 28.8 Å². The highest BCUT2D eigenvalue weighted by Gasteiger charge is 2.40. The second kappa shape index (κ2) is 34.9. The van der Waals surface area contributed by atoms with Gasteiger partial charge < -0.3 is 51.2 Å². The van der Waals surface area contributed by atoms with E-state index in [4.69, 9.17) is 19.7 Å². The summed E-state index contributed by atoms with van der Waals surface area (Å²) in [6.07, 6.45) is 4.17. The first kappa shape index (κ1) is 75.8. The smallest absolute Gasteiger partial charge is 0.407 e. The number of carbonyl (C=O) groups is 4. The van der Waals surface area contributed by atoms with Crippen LogP contribution in [0.5, 0.6) is 0 Å². The number of hydrogen-bond acceptors (Lipinski definition) is 20. The van der Waals surface area contributed by atoms with Gasteiger partial charge in [0.1, 0.15) is 24.0 Å². The fourth-order valence-corrected chi connectivity index (χ4v) is 19.0. The molecule has 0 saturated carbocycles. The summed E-state index contributed by atoms with van der Waals surface area (Å²) < 4.78 is 109. The van der Waals surface area contributed by atoms with Gasteiger partial charge in [-0.1, -0.05) is 146 Å². The molecule has 10 aromatic rings. The molecule has 103 heavy (non-hydrogen) atoms. The molecule has 8 N–H and O–H groups in total. The molecule has 4 amide bonds. The Bertz CT molecular complexity index is 4780. The lowest BCUT2D eigenvalue weighted by atomic mass is 9.84. The summed E-state index contributed by atoms with van der Waals surface area (Å²) in [4.78, 5) is 60.4. The number of sulfonamides is 2. The number of nitrogen functional groups attached to an aromatic ring is 1. The minimum atomic E-state index is -4.67. The van der Waals surface area contributed by atoms with Crippen molar-refractivity contribution in [1.82, 2.24) is 29.4 Å². The minimum absolute atomic E-state index is 0.0344. The quantitative estimate of drug-likeness (QED) is 0.0114. The zero-order valence-electron chi connectivity index (χ0n) is 56.1. The molecule has 5 atom stereocenters. The molecule has 0 bridgehead atoms. The van der Waals surface area contributed by atoms with E-state index >= 15 is 21.6 Å². The van der Waals surface area contributed by atoms with Crippen molar-refractivity contribution in [1.29, 1.82) is 0 Å². The number of nitrogens with zero attached hydrogens (tertiary/aromatic N) is 5. The third-order valence-electron chi connectivity index (χ3n) is 17.2. The lowest BCUT2D eigenvalue weighted by molar-refractivity contribution is -0.702. The summed E-state index contributed by atoms with van der Waals surface area (Å²) in [5.74, 6) is -4.67. The number of benzene rings is 7. The topological polar surface area (TPSA) is 353 Å². The molecule has 7 aromatic carbocycles. The number of nitrogens with two attached hydrogens (primary N) is 1. The van der Waals surface area contributed by atoms with E-state index in [0.717, 1.165) is 27.5 Å². The number of alkyl carbamates (subject to hydrolysis) is 2. The van der Waals surface area contributed by atoms with Crippen molar-refractivity contribution in [3.8, 4) is 0 Å². The summed E-state index contributed by atoms with van der Waals surface area (Å²) in [5, 5.41) is 37.4. The number of carbonyl (C=O) groups excluding carboxylic acids is 4. The SMILES string of the molecule is COC(=O)NC(C(=O)Nc1c[n+](CC(C)CCN(C(CO)CS(=O)(=O)c2ccccc2NC(=O)C(NC(=O)OC)C(c2ccccc2)c2ccccc2)S(=O)(=O)c2ccc(N)cc2)ccc1SCC(CO)N(Cc1cnoc1)S(=O)(=O)c1ccc2ncsc2c1)C(c1ccccc1)c1ccccc1.